The molecular formula is C45H51FN4O8S. The number of benzene rings is 2. The second-order valence-corrected chi connectivity index (χ2v) is 20.5. The highest BCUT2D eigenvalue weighted by atomic mass is 32.2. The van der Waals surface area contributed by atoms with Gasteiger partial charge in [0.05, 0.1) is 23.2 Å². The van der Waals surface area contributed by atoms with Crippen molar-refractivity contribution in [2.24, 2.45) is 11.8 Å². The van der Waals surface area contributed by atoms with Crippen LogP contribution in [0.25, 0.3) is 22.2 Å². The molecule has 14 heteroatoms. The van der Waals surface area contributed by atoms with Crippen molar-refractivity contribution in [1.82, 2.24) is 19.9 Å². The molecule has 6 aliphatic rings. The number of allylic oxidation sites excluding steroid dienone is 1. The number of halogens is 1. The highest BCUT2D eigenvalue weighted by molar-refractivity contribution is 7.91. The molecule has 312 valence electrons. The van der Waals surface area contributed by atoms with Gasteiger partial charge < -0.3 is 19.7 Å². The van der Waals surface area contributed by atoms with Crippen molar-refractivity contribution < 1.29 is 41.5 Å². The molecule has 5 atom stereocenters. The van der Waals surface area contributed by atoms with Crippen molar-refractivity contribution in [1.29, 1.82) is 0 Å². The van der Waals surface area contributed by atoms with E-state index in [1.165, 1.54) is 17.0 Å². The van der Waals surface area contributed by atoms with Gasteiger partial charge in [0.15, 0.2) is 0 Å². The number of para-hydroxylation sites is 1. The van der Waals surface area contributed by atoms with Gasteiger partial charge >= 0.3 is 5.97 Å². The van der Waals surface area contributed by atoms with Crippen LogP contribution in [0, 0.1) is 17.7 Å². The van der Waals surface area contributed by atoms with Crippen molar-refractivity contribution in [3.63, 3.8) is 0 Å². The summed E-state index contributed by atoms with van der Waals surface area (Å²) in [6, 6.07) is 12.7. The van der Waals surface area contributed by atoms with Crippen LogP contribution in [0.5, 0.6) is 5.75 Å². The number of ether oxygens (including phenoxy) is 2. The van der Waals surface area contributed by atoms with Crippen LogP contribution in [-0.4, -0.2) is 76.1 Å². The lowest BCUT2D eigenvalue weighted by molar-refractivity contribution is -0.155. The van der Waals surface area contributed by atoms with E-state index in [0.717, 1.165) is 42.1 Å². The van der Waals surface area contributed by atoms with E-state index in [1.54, 1.807) is 19.1 Å². The highest BCUT2D eigenvalue weighted by Gasteiger charge is 2.64. The third-order valence-corrected chi connectivity index (χ3v) is 15.8. The first-order valence-corrected chi connectivity index (χ1v) is 22.6. The monoisotopic (exact) mass is 826 g/mol. The maximum absolute atomic E-state index is 15.0. The van der Waals surface area contributed by atoms with Crippen molar-refractivity contribution in [2.45, 2.75) is 131 Å². The molecule has 3 saturated carbocycles. The first-order valence-electron chi connectivity index (χ1n) is 21.1. The van der Waals surface area contributed by atoms with Gasteiger partial charge in [-0.1, -0.05) is 55.3 Å². The molecule has 0 bridgehead atoms. The molecule has 1 spiro atoms. The van der Waals surface area contributed by atoms with Gasteiger partial charge in [-0.25, -0.2) is 17.8 Å². The number of aryl methyl sites for hydroxylation is 1. The molecule has 4 fully saturated rings. The first kappa shape index (κ1) is 39.6. The van der Waals surface area contributed by atoms with Crippen LogP contribution in [0.3, 0.4) is 0 Å². The Labute approximate surface area is 343 Å². The Kier molecular flexibility index (Phi) is 9.67. The summed E-state index contributed by atoms with van der Waals surface area (Å²) in [6.45, 7) is 3.49. The number of carbonyl (C=O) groups excluding carboxylic acids is 4. The third kappa shape index (κ3) is 7.50. The SMILES string of the molecule is CC1(OC(=O)C[C@H]2CCCCC/C=C\[C@@H]3C[C@@]3(C(=O)NS(=O)(=O)C3(C)CC3)NC(=O)[C@@H]3C[C@]4(CCc5c(c(-c6cccc(F)c6)nc6ccccc56)O4)CN3C2=O)CC1. The first-order chi connectivity index (χ1) is 28.1. The average molecular weight is 827 g/mol. The lowest BCUT2D eigenvalue weighted by Gasteiger charge is -2.37. The van der Waals surface area contributed by atoms with E-state index in [1.807, 2.05) is 43.3 Å². The Morgan fingerprint density at radius 1 is 1.02 bits per heavy atom. The quantitative estimate of drug-likeness (QED) is 0.209. The minimum Gasteiger partial charge on any atom is -0.483 e. The van der Waals surface area contributed by atoms with Crippen molar-refractivity contribution in [3.05, 3.63) is 72.1 Å². The summed E-state index contributed by atoms with van der Waals surface area (Å²) in [7, 11) is -4.01. The summed E-state index contributed by atoms with van der Waals surface area (Å²) in [5, 5.41) is 3.85. The van der Waals surface area contributed by atoms with Gasteiger partial charge in [0.2, 0.25) is 21.8 Å². The molecule has 4 heterocycles. The van der Waals surface area contributed by atoms with E-state index in [9.17, 15) is 32.0 Å². The Hall–Kier alpha value is -4.85. The van der Waals surface area contributed by atoms with Crippen LogP contribution in [0.4, 0.5) is 4.39 Å². The van der Waals surface area contributed by atoms with Gasteiger partial charge in [-0.05, 0) is 96.3 Å². The lowest BCUT2D eigenvalue weighted by atomic mass is 9.86. The second-order valence-electron chi connectivity index (χ2n) is 18.3. The number of nitrogens with one attached hydrogen (secondary N) is 2. The van der Waals surface area contributed by atoms with E-state index in [0.29, 0.717) is 62.0 Å². The fourth-order valence-corrected chi connectivity index (χ4v) is 10.6. The standard InChI is InChI=1S/C45H51FN4O8S/c1-42(19-20-42)57-36(51)24-29-11-6-4-3-5-7-13-30-25-45(30,41(54)49-59(55,56)43(2)21-22-43)48-39(52)35-26-44(27-50(35)40(29)53)18-17-33-32-15-8-9-16-34(32)47-37(38(33)58-44)28-12-10-14-31(46)23-28/h7-10,12-16,23,29-30,35H,3-6,11,17-22,24-27H2,1-2H3,(H,48,52)(H,49,54)/b13-7-/t29-,30-,35+,44-,45-/m1/s1. The van der Waals surface area contributed by atoms with Crippen LogP contribution in [0.1, 0.15) is 103 Å². The Morgan fingerprint density at radius 2 is 1.81 bits per heavy atom. The molecule has 9 rings (SSSR count). The van der Waals surface area contributed by atoms with Crippen LogP contribution in [0.2, 0.25) is 0 Å². The van der Waals surface area contributed by atoms with E-state index in [-0.39, 0.29) is 31.7 Å². The molecule has 0 unspecified atom stereocenters. The third-order valence-electron chi connectivity index (χ3n) is 13.6. The van der Waals surface area contributed by atoms with E-state index in [4.69, 9.17) is 14.5 Å². The fourth-order valence-electron chi connectivity index (χ4n) is 9.24. The summed E-state index contributed by atoms with van der Waals surface area (Å²) in [5.41, 5.74) is -0.561. The number of carbonyl (C=O) groups is 4. The number of pyridine rings is 1. The molecule has 1 aromatic heterocycles. The predicted molar refractivity (Wildman–Crippen MR) is 217 cm³/mol. The number of rotatable bonds is 7. The molecule has 12 nitrogen and oxygen atoms in total. The topological polar surface area (TPSA) is 161 Å². The molecule has 59 heavy (non-hydrogen) atoms. The number of aromatic nitrogens is 1. The highest BCUT2D eigenvalue weighted by Crippen LogP contribution is 2.50. The molecule has 2 N–H and O–H groups in total. The van der Waals surface area contributed by atoms with Gasteiger partial charge in [0, 0.05) is 34.8 Å². The van der Waals surface area contributed by atoms with Crippen molar-refractivity contribution in [3.8, 4) is 17.0 Å². The summed E-state index contributed by atoms with van der Waals surface area (Å²) in [5.74, 6) is -3.42. The van der Waals surface area contributed by atoms with Crippen LogP contribution < -0.4 is 14.8 Å². The molecule has 3 aliphatic carbocycles. The maximum Gasteiger partial charge on any atom is 0.307 e. The van der Waals surface area contributed by atoms with Gasteiger partial charge in [-0.15, -0.1) is 0 Å². The molecule has 3 aliphatic heterocycles. The number of esters is 1. The molecule has 2 aromatic carbocycles. The summed E-state index contributed by atoms with van der Waals surface area (Å²) < 4.78 is 55.3. The summed E-state index contributed by atoms with van der Waals surface area (Å²) >= 11 is 0. The molecule has 3 aromatic rings. The number of fused-ring (bicyclic) bond motifs is 5. The van der Waals surface area contributed by atoms with E-state index >= 15 is 0 Å². The van der Waals surface area contributed by atoms with Gasteiger partial charge in [0.1, 0.15) is 40.0 Å². The van der Waals surface area contributed by atoms with Crippen molar-refractivity contribution >= 4 is 44.6 Å². The fraction of sp³-hybridized carbons (Fsp3) is 0.533. The zero-order valence-electron chi connectivity index (χ0n) is 33.6. The summed E-state index contributed by atoms with van der Waals surface area (Å²) in [4.78, 5) is 63.7. The number of nitrogens with zero attached hydrogens (tertiary/aromatic N) is 2. The van der Waals surface area contributed by atoms with Crippen LogP contribution in [0.15, 0.2) is 60.7 Å². The van der Waals surface area contributed by atoms with Crippen molar-refractivity contribution in [2.75, 3.05) is 6.54 Å². The minimum atomic E-state index is -4.01. The van der Waals surface area contributed by atoms with Crippen LogP contribution in [-0.2, 0) is 40.4 Å². The zero-order chi connectivity index (χ0) is 41.4. The second kappa shape index (κ2) is 14.4. The minimum absolute atomic E-state index is 0.0112. The Morgan fingerprint density at radius 3 is 2.58 bits per heavy atom. The van der Waals surface area contributed by atoms with Gasteiger partial charge in [-0.2, -0.15) is 0 Å². The Balaban J connectivity index is 1.09. The van der Waals surface area contributed by atoms with Gasteiger partial charge in [-0.3, -0.25) is 23.9 Å². The van der Waals surface area contributed by atoms with E-state index < -0.39 is 73.0 Å². The molecule has 0 radical (unpaired) electrons. The average Bonchev–Trinajstić information content (AvgIpc) is 4.16. The maximum atomic E-state index is 15.0. The summed E-state index contributed by atoms with van der Waals surface area (Å²) in [6.07, 6.45) is 10.7. The number of hydrogen-bond donors (Lipinski definition) is 2. The number of hydrogen-bond acceptors (Lipinski definition) is 9. The zero-order valence-corrected chi connectivity index (χ0v) is 34.4. The van der Waals surface area contributed by atoms with Gasteiger partial charge in [0.25, 0.3) is 5.91 Å². The van der Waals surface area contributed by atoms with Crippen LogP contribution >= 0.6 is 0 Å². The molecule has 1 saturated heterocycles. The van der Waals surface area contributed by atoms with E-state index in [2.05, 4.69) is 10.0 Å². The number of sulfonamides is 1. The normalized spacial score (nSPS) is 30.0. The largest absolute Gasteiger partial charge is 0.483 e. The Bertz CT molecular complexity index is 2400. The lowest BCUT2D eigenvalue weighted by Crippen LogP contribution is -2.57. The number of amides is 3. The predicted octanol–water partition coefficient (Wildman–Crippen LogP) is 6.20. The molecular weight excluding hydrogens is 776 g/mol. The smallest absolute Gasteiger partial charge is 0.307 e. The molecule has 3 amide bonds.